The summed E-state index contributed by atoms with van der Waals surface area (Å²) >= 11 is 1.68. The van der Waals surface area contributed by atoms with Gasteiger partial charge < -0.3 is 0 Å². The fraction of sp³-hybridized carbons (Fsp3) is 0.429. The van der Waals surface area contributed by atoms with Crippen molar-refractivity contribution in [1.82, 2.24) is 0 Å². The molecule has 0 bridgehead atoms. The van der Waals surface area contributed by atoms with E-state index in [1.165, 1.54) is 0 Å². The molecule has 0 rings (SSSR count). The Bertz CT molecular complexity index is 92.6. The van der Waals surface area contributed by atoms with Crippen LogP contribution in [0.25, 0.3) is 0 Å². The van der Waals surface area contributed by atoms with Gasteiger partial charge >= 0.3 is 0 Å². The molecule has 0 N–H and O–H groups in total. The Morgan fingerprint density at radius 3 is 2.75 bits per heavy atom. The summed E-state index contributed by atoms with van der Waals surface area (Å²) in [6.07, 6.45) is 7.28. The molecule has 0 amide bonds. The summed E-state index contributed by atoms with van der Waals surface area (Å²) in [5.41, 5.74) is 0. The molecule has 0 spiro atoms. The van der Waals surface area contributed by atoms with Gasteiger partial charge in [-0.05, 0) is 17.6 Å². The number of hydrogen-bond acceptors (Lipinski definition) is 1. The Kier molecular flexibility index (Phi) is 4.87. The largest absolute Gasteiger partial charge is 0.130 e. The molecule has 0 saturated carbocycles. The van der Waals surface area contributed by atoms with Crippen LogP contribution in [0.5, 0.6) is 0 Å². The summed E-state index contributed by atoms with van der Waals surface area (Å²) in [6.45, 7) is 5.90. The lowest BCUT2D eigenvalue weighted by atomic mass is 10.4. The van der Waals surface area contributed by atoms with E-state index in [9.17, 15) is 0 Å². The number of hydrogen-bond donors (Lipinski definition) is 0. The molecule has 0 nitrogen and oxygen atoms in total. The van der Waals surface area contributed by atoms with Crippen LogP contribution in [0.15, 0.2) is 23.6 Å². The van der Waals surface area contributed by atoms with Gasteiger partial charge in [-0.25, -0.2) is 0 Å². The van der Waals surface area contributed by atoms with E-state index in [0.717, 1.165) is 11.3 Å². The van der Waals surface area contributed by atoms with Crippen LogP contribution in [0.2, 0.25) is 0 Å². The maximum Gasteiger partial charge on any atom is -0.000602 e. The molecule has 0 aliphatic heterocycles. The highest BCUT2D eigenvalue weighted by Gasteiger charge is 1.77. The monoisotopic (exact) mass is 128 g/mol. The van der Waals surface area contributed by atoms with Crippen LogP contribution in [0, 0.1) is 0 Å². The third-order valence-electron chi connectivity index (χ3n) is 0.802. The molecular weight excluding hydrogens is 116 g/mol. The van der Waals surface area contributed by atoms with Crippen molar-refractivity contribution in [3.8, 4) is 0 Å². The smallest absolute Gasteiger partial charge is 0.000602 e. The second kappa shape index (κ2) is 4.98. The van der Waals surface area contributed by atoms with Gasteiger partial charge in [-0.15, -0.1) is 11.8 Å². The van der Waals surface area contributed by atoms with Gasteiger partial charge in [0.2, 0.25) is 0 Å². The maximum atomic E-state index is 3.79. The molecule has 8 heavy (non-hydrogen) atoms. The fourth-order valence-corrected chi connectivity index (χ4v) is 0.550. The van der Waals surface area contributed by atoms with Gasteiger partial charge in [-0.2, -0.15) is 0 Å². The van der Waals surface area contributed by atoms with Crippen molar-refractivity contribution < 1.29 is 0 Å². The van der Waals surface area contributed by atoms with Crippen molar-refractivity contribution >= 4 is 11.8 Å². The van der Waals surface area contributed by atoms with Gasteiger partial charge in [0.25, 0.3) is 0 Å². The number of thioether (sulfide) groups is 1. The second-order valence-corrected chi connectivity index (χ2v) is 2.41. The molecular formula is C7H12S. The molecule has 0 heterocycles. The lowest BCUT2D eigenvalue weighted by Gasteiger charge is -1.87. The summed E-state index contributed by atoms with van der Waals surface area (Å²) in [5.74, 6) is 0. The first-order valence-electron chi connectivity index (χ1n) is 2.70. The molecule has 1 heteroatoms. The highest BCUT2D eigenvalue weighted by molar-refractivity contribution is 8.02. The number of allylic oxidation sites excluding steroid dienone is 2. The van der Waals surface area contributed by atoms with Crippen LogP contribution >= 0.6 is 11.8 Å². The predicted molar refractivity (Wildman–Crippen MR) is 42.1 cm³/mol. The van der Waals surface area contributed by atoms with Crippen LogP contribution < -0.4 is 0 Å². The van der Waals surface area contributed by atoms with Crippen LogP contribution in [0.1, 0.15) is 13.3 Å². The SMILES string of the molecule is C=C(/C=C\CC)SC. The van der Waals surface area contributed by atoms with Gasteiger partial charge in [-0.3, -0.25) is 0 Å². The van der Waals surface area contributed by atoms with Crippen molar-refractivity contribution in [1.29, 1.82) is 0 Å². The highest BCUT2D eigenvalue weighted by Crippen LogP contribution is 2.08. The van der Waals surface area contributed by atoms with Crippen LogP contribution in [-0.2, 0) is 0 Å². The van der Waals surface area contributed by atoms with E-state index in [2.05, 4.69) is 19.6 Å². The highest BCUT2D eigenvalue weighted by atomic mass is 32.2. The first-order chi connectivity index (χ1) is 3.81. The van der Waals surface area contributed by atoms with Gasteiger partial charge in [-0.1, -0.05) is 25.7 Å². The van der Waals surface area contributed by atoms with Crippen molar-refractivity contribution in [3.63, 3.8) is 0 Å². The molecule has 0 aromatic heterocycles. The maximum absolute atomic E-state index is 3.79. The Morgan fingerprint density at radius 2 is 2.38 bits per heavy atom. The topological polar surface area (TPSA) is 0 Å². The first kappa shape index (κ1) is 7.83. The minimum atomic E-state index is 1.10. The summed E-state index contributed by atoms with van der Waals surface area (Å²) in [4.78, 5) is 1.13. The summed E-state index contributed by atoms with van der Waals surface area (Å²) in [5, 5.41) is 0. The average Bonchev–Trinajstić information content (AvgIpc) is 1.83. The average molecular weight is 128 g/mol. The minimum Gasteiger partial charge on any atom is -0.130 e. The van der Waals surface area contributed by atoms with Crippen LogP contribution in [0.3, 0.4) is 0 Å². The second-order valence-electron chi connectivity index (χ2n) is 1.48. The van der Waals surface area contributed by atoms with E-state index in [4.69, 9.17) is 0 Å². The van der Waals surface area contributed by atoms with E-state index in [1.807, 2.05) is 12.3 Å². The Hall–Kier alpha value is -0.170. The molecule has 0 aliphatic rings. The summed E-state index contributed by atoms with van der Waals surface area (Å²) in [6, 6.07) is 0. The molecule has 46 valence electrons. The third-order valence-corrected chi connectivity index (χ3v) is 1.46. The summed E-state index contributed by atoms with van der Waals surface area (Å²) < 4.78 is 0. The molecule has 0 aromatic carbocycles. The zero-order valence-electron chi connectivity index (χ0n) is 5.48. The van der Waals surface area contributed by atoms with E-state index >= 15 is 0 Å². The van der Waals surface area contributed by atoms with Crippen LogP contribution in [0.4, 0.5) is 0 Å². The summed E-state index contributed by atoms with van der Waals surface area (Å²) in [7, 11) is 0. The lowest BCUT2D eigenvalue weighted by molar-refractivity contribution is 1.22. The minimum absolute atomic E-state index is 1.10. The first-order valence-corrected chi connectivity index (χ1v) is 3.93. The van der Waals surface area contributed by atoms with E-state index in [-0.39, 0.29) is 0 Å². The van der Waals surface area contributed by atoms with Gasteiger partial charge in [0, 0.05) is 0 Å². The molecule has 0 aromatic rings. The molecule has 0 atom stereocenters. The molecule has 0 aliphatic carbocycles. The Labute approximate surface area is 55.7 Å². The van der Waals surface area contributed by atoms with Crippen molar-refractivity contribution in [2.75, 3.05) is 6.26 Å². The molecule has 0 unspecified atom stereocenters. The lowest BCUT2D eigenvalue weighted by Crippen LogP contribution is -1.60. The quantitative estimate of drug-likeness (QED) is 0.527. The van der Waals surface area contributed by atoms with Crippen molar-refractivity contribution in [2.24, 2.45) is 0 Å². The number of rotatable bonds is 3. The zero-order chi connectivity index (χ0) is 6.41. The fourth-order valence-electron chi connectivity index (χ4n) is 0.317. The van der Waals surface area contributed by atoms with Crippen molar-refractivity contribution in [2.45, 2.75) is 13.3 Å². The Morgan fingerprint density at radius 1 is 1.75 bits per heavy atom. The van der Waals surface area contributed by atoms with E-state index in [1.54, 1.807) is 11.8 Å². The Balaban J connectivity index is 3.37. The van der Waals surface area contributed by atoms with E-state index < -0.39 is 0 Å². The molecule has 0 fully saturated rings. The van der Waals surface area contributed by atoms with E-state index in [0.29, 0.717) is 0 Å². The standard InChI is InChI=1S/C7H12S/c1-4-5-6-7(2)8-3/h5-6H,2,4H2,1,3H3/b6-5-. The van der Waals surface area contributed by atoms with Crippen molar-refractivity contribution in [3.05, 3.63) is 23.6 Å². The van der Waals surface area contributed by atoms with Gasteiger partial charge in [0.1, 0.15) is 0 Å². The normalized spacial score (nSPS) is 10.2. The van der Waals surface area contributed by atoms with Gasteiger partial charge in [0.05, 0.1) is 0 Å². The zero-order valence-corrected chi connectivity index (χ0v) is 6.29. The van der Waals surface area contributed by atoms with Crippen LogP contribution in [-0.4, -0.2) is 6.26 Å². The molecule has 0 radical (unpaired) electrons. The van der Waals surface area contributed by atoms with Gasteiger partial charge in [0.15, 0.2) is 0 Å². The molecule has 0 saturated heterocycles. The third kappa shape index (κ3) is 4.00. The predicted octanol–water partition coefficient (Wildman–Crippen LogP) is 2.83.